The molecule has 132 valence electrons. The highest BCUT2D eigenvalue weighted by Gasteiger charge is 2.08. The Balaban J connectivity index is 1.61. The lowest BCUT2D eigenvalue weighted by Gasteiger charge is -2.08. The normalized spacial score (nSPS) is 10.4. The number of carbonyl (C=O) groups excluding carboxylic acids is 1. The standard InChI is InChI=1S/C20H17ClFN3O/c1-13-3-2-4-14(9-13)11-23-19-8-5-15(12-24-19)20(26)25-16-6-7-18(22)17(21)10-16/h2-10,12H,11H2,1H3,(H,23,24)(H,25,26). The van der Waals surface area contributed by atoms with Crippen molar-refractivity contribution >= 4 is 29.0 Å². The van der Waals surface area contributed by atoms with E-state index < -0.39 is 5.82 Å². The van der Waals surface area contributed by atoms with Crippen LogP contribution in [-0.2, 0) is 6.54 Å². The molecule has 2 aromatic carbocycles. The molecule has 0 atom stereocenters. The van der Waals surface area contributed by atoms with Gasteiger partial charge in [-0.3, -0.25) is 4.79 Å². The van der Waals surface area contributed by atoms with Gasteiger partial charge in [0.25, 0.3) is 5.91 Å². The monoisotopic (exact) mass is 369 g/mol. The van der Waals surface area contributed by atoms with Crippen molar-refractivity contribution in [3.63, 3.8) is 0 Å². The van der Waals surface area contributed by atoms with E-state index in [-0.39, 0.29) is 10.9 Å². The molecule has 0 spiro atoms. The van der Waals surface area contributed by atoms with E-state index in [9.17, 15) is 9.18 Å². The zero-order valence-corrected chi connectivity index (χ0v) is 14.8. The number of carbonyl (C=O) groups is 1. The molecule has 0 saturated heterocycles. The molecule has 4 nitrogen and oxygen atoms in total. The van der Waals surface area contributed by atoms with Crippen LogP contribution in [0.2, 0.25) is 5.02 Å². The summed E-state index contributed by atoms with van der Waals surface area (Å²) < 4.78 is 13.2. The molecule has 3 rings (SSSR count). The minimum absolute atomic E-state index is 0.0448. The number of rotatable bonds is 5. The van der Waals surface area contributed by atoms with Crippen molar-refractivity contribution in [3.8, 4) is 0 Å². The first-order chi connectivity index (χ1) is 12.5. The first-order valence-electron chi connectivity index (χ1n) is 8.03. The molecule has 0 unspecified atom stereocenters. The Kier molecular flexibility index (Phi) is 5.49. The van der Waals surface area contributed by atoms with E-state index >= 15 is 0 Å². The lowest BCUT2D eigenvalue weighted by atomic mass is 10.1. The molecule has 0 saturated carbocycles. The third-order valence-corrected chi connectivity index (χ3v) is 4.05. The van der Waals surface area contributed by atoms with E-state index in [0.717, 1.165) is 5.56 Å². The second-order valence-electron chi connectivity index (χ2n) is 5.86. The van der Waals surface area contributed by atoms with E-state index in [1.807, 2.05) is 25.1 Å². The van der Waals surface area contributed by atoms with E-state index in [1.54, 1.807) is 12.1 Å². The molecule has 26 heavy (non-hydrogen) atoms. The minimum Gasteiger partial charge on any atom is -0.366 e. The molecule has 0 radical (unpaired) electrons. The number of nitrogens with one attached hydrogen (secondary N) is 2. The molecule has 0 bridgehead atoms. The number of anilines is 2. The van der Waals surface area contributed by atoms with Crippen LogP contribution < -0.4 is 10.6 Å². The van der Waals surface area contributed by atoms with Gasteiger partial charge in [0.1, 0.15) is 11.6 Å². The Labute approximate surface area is 156 Å². The molecule has 1 aromatic heterocycles. The Morgan fingerprint density at radius 3 is 2.69 bits per heavy atom. The van der Waals surface area contributed by atoms with E-state index in [2.05, 4.69) is 21.7 Å². The number of benzene rings is 2. The highest BCUT2D eigenvalue weighted by molar-refractivity contribution is 6.31. The van der Waals surface area contributed by atoms with Crippen LogP contribution >= 0.6 is 11.6 Å². The largest absolute Gasteiger partial charge is 0.366 e. The number of amides is 1. The molecular weight excluding hydrogens is 353 g/mol. The average Bonchev–Trinajstić information content (AvgIpc) is 2.63. The van der Waals surface area contributed by atoms with Crippen molar-refractivity contribution in [2.75, 3.05) is 10.6 Å². The van der Waals surface area contributed by atoms with Crippen LogP contribution in [-0.4, -0.2) is 10.9 Å². The van der Waals surface area contributed by atoms with Gasteiger partial charge >= 0.3 is 0 Å². The molecule has 0 aliphatic rings. The van der Waals surface area contributed by atoms with Crippen LogP contribution in [0.15, 0.2) is 60.8 Å². The molecule has 1 amide bonds. The number of halogens is 2. The summed E-state index contributed by atoms with van der Waals surface area (Å²) in [7, 11) is 0. The van der Waals surface area contributed by atoms with E-state index in [1.165, 1.54) is 30.0 Å². The molecule has 6 heteroatoms. The molecule has 0 fully saturated rings. The maximum atomic E-state index is 13.2. The van der Waals surface area contributed by atoms with Crippen molar-refractivity contribution in [2.45, 2.75) is 13.5 Å². The summed E-state index contributed by atoms with van der Waals surface area (Å²) in [6.07, 6.45) is 1.49. The van der Waals surface area contributed by atoms with Crippen LogP contribution in [0.25, 0.3) is 0 Å². The van der Waals surface area contributed by atoms with Crippen molar-refractivity contribution in [1.82, 2.24) is 4.98 Å². The second kappa shape index (κ2) is 7.97. The lowest BCUT2D eigenvalue weighted by molar-refractivity contribution is 0.102. The van der Waals surface area contributed by atoms with E-state index in [4.69, 9.17) is 11.6 Å². The zero-order chi connectivity index (χ0) is 18.5. The Morgan fingerprint density at radius 2 is 2.00 bits per heavy atom. The van der Waals surface area contributed by atoms with Gasteiger partial charge in [-0.25, -0.2) is 9.37 Å². The summed E-state index contributed by atoms with van der Waals surface area (Å²) in [6, 6.07) is 15.6. The molecular formula is C20H17ClFN3O. The quantitative estimate of drug-likeness (QED) is 0.662. The number of hydrogen-bond acceptors (Lipinski definition) is 3. The minimum atomic E-state index is -0.532. The summed E-state index contributed by atoms with van der Waals surface area (Å²) in [5.74, 6) is -0.200. The first-order valence-corrected chi connectivity index (χ1v) is 8.41. The fourth-order valence-corrected chi connectivity index (χ4v) is 2.61. The van der Waals surface area contributed by atoms with Crippen molar-refractivity contribution in [3.05, 3.63) is 88.3 Å². The van der Waals surface area contributed by atoms with Gasteiger partial charge < -0.3 is 10.6 Å². The highest BCUT2D eigenvalue weighted by atomic mass is 35.5. The van der Waals surface area contributed by atoms with Crippen LogP contribution in [0.4, 0.5) is 15.9 Å². The fourth-order valence-electron chi connectivity index (χ4n) is 2.42. The summed E-state index contributed by atoms with van der Waals surface area (Å²) in [4.78, 5) is 16.5. The average molecular weight is 370 g/mol. The van der Waals surface area contributed by atoms with Crippen LogP contribution in [0.5, 0.6) is 0 Å². The summed E-state index contributed by atoms with van der Waals surface area (Å²) in [5, 5.41) is 5.83. The van der Waals surface area contributed by atoms with Gasteiger partial charge in [-0.1, -0.05) is 41.4 Å². The first kappa shape index (κ1) is 17.9. The molecule has 0 aliphatic heterocycles. The van der Waals surface area contributed by atoms with Crippen molar-refractivity contribution in [1.29, 1.82) is 0 Å². The summed E-state index contributed by atoms with van der Waals surface area (Å²) in [6.45, 7) is 2.69. The summed E-state index contributed by atoms with van der Waals surface area (Å²) >= 11 is 5.71. The summed E-state index contributed by atoms with van der Waals surface area (Å²) in [5.41, 5.74) is 3.17. The SMILES string of the molecule is Cc1cccc(CNc2ccc(C(=O)Nc3ccc(F)c(Cl)c3)cn2)c1. The van der Waals surface area contributed by atoms with Crippen LogP contribution in [0.3, 0.4) is 0 Å². The Hall–Kier alpha value is -2.92. The van der Waals surface area contributed by atoms with Gasteiger partial charge in [0.15, 0.2) is 0 Å². The third-order valence-electron chi connectivity index (χ3n) is 3.76. The highest BCUT2D eigenvalue weighted by Crippen LogP contribution is 2.20. The zero-order valence-electron chi connectivity index (χ0n) is 14.1. The molecule has 0 aliphatic carbocycles. The lowest BCUT2D eigenvalue weighted by Crippen LogP contribution is -2.12. The molecule has 1 heterocycles. The molecule has 2 N–H and O–H groups in total. The third kappa shape index (κ3) is 4.58. The number of aryl methyl sites for hydroxylation is 1. The van der Waals surface area contributed by atoms with Gasteiger partial charge in [-0.2, -0.15) is 0 Å². The number of nitrogens with zero attached hydrogens (tertiary/aromatic N) is 1. The van der Waals surface area contributed by atoms with Crippen LogP contribution in [0.1, 0.15) is 21.5 Å². The number of aromatic nitrogens is 1. The topological polar surface area (TPSA) is 54.0 Å². The fraction of sp³-hybridized carbons (Fsp3) is 0.100. The smallest absolute Gasteiger partial charge is 0.257 e. The number of hydrogen-bond donors (Lipinski definition) is 2. The van der Waals surface area contributed by atoms with Crippen molar-refractivity contribution in [2.24, 2.45) is 0 Å². The predicted octanol–water partition coefficient (Wildman–Crippen LogP) is 5.05. The van der Waals surface area contributed by atoms with E-state index in [0.29, 0.717) is 23.6 Å². The van der Waals surface area contributed by atoms with Gasteiger partial charge in [-0.05, 0) is 42.8 Å². The van der Waals surface area contributed by atoms with Crippen molar-refractivity contribution < 1.29 is 9.18 Å². The number of pyridine rings is 1. The maximum absolute atomic E-state index is 13.2. The van der Waals surface area contributed by atoms with Gasteiger partial charge in [0.2, 0.25) is 0 Å². The van der Waals surface area contributed by atoms with Crippen LogP contribution in [0, 0.1) is 12.7 Å². The van der Waals surface area contributed by atoms with Gasteiger partial charge in [-0.15, -0.1) is 0 Å². The van der Waals surface area contributed by atoms with Gasteiger partial charge in [0.05, 0.1) is 10.6 Å². The second-order valence-corrected chi connectivity index (χ2v) is 6.26. The Bertz CT molecular complexity index is 929. The predicted molar refractivity (Wildman–Crippen MR) is 102 cm³/mol. The Morgan fingerprint density at radius 1 is 1.15 bits per heavy atom. The van der Waals surface area contributed by atoms with Gasteiger partial charge in [0, 0.05) is 18.4 Å². The maximum Gasteiger partial charge on any atom is 0.257 e. The molecule has 3 aromatic rings.